The summed E-state index contributed by atoms with van der Waals surface area (Å²) in [6, 6.07) is 7.96. The van der Waals surface area contributed by atoms with Gasteiger partial charge in [-0.3, -0.25) is 4.79 Å². The molecule has 2 heterocycles. The Labute approximate surface area is 133 Å². The smallest absolute Gasteiger partial charge is 0.223 e. The lowest BCUT2D eigenvalue weighted by Crippen LogP contribution is -2.41. The number of benzene rings is 1. The maximum absolute atomic E-state index is 13.7. The highest BCUT2D eigenvalue weighted by Crippen LogP contribution is 2.21. The van der Waals surface area contributed by atoms with Crippen molar-refractivity contribution in [3.05, 3.63) is 41.9 Å². The average molecular weight is 319 g/mol. The van der Waals surface area contributed by atoms with Crippen LogP contribution < -0.4 is 10.6 Å². The molecule has 23 heavy (non-hydrogen) atoms. The fraction of sp³-hybridized carbons (Fsp3) is 0.375. The average Bonchev–Trinajstić information content (AvgIpc) is 3.03. The van der Waals surface area contributed by atoms with Crippen molar-refractivity contribution in [2.24, 2.45) is 0 Å². The molecule has 2 N–H and O–H groups in total. The van der Waals surface area contributed by atoms with Gasteiger partial charge in [-0.05, 0) is 12.1 Å². The molecule has 0 saturated carbocycles. The Bertz CT molecular complexity index is 668. The number of hydrogen-bond acceptors (Lipinski definition) is 5. The van der Waals surface area contributed by atoms with Crippen molar-refractivity contribution in [2.75, 3.05) is 19.7 Å². The predicted molar refractivity (Wildman–Crippen MR) is 81.0 cm³/mol. The van der Waals surface area contributed by atoms with Crippen LogP contribution in [0.2, 0.25) is 0 Å². The lowest BCUT2D eigenvalue weighted by atomic mass is 10.1. The van der Waals surface area contributed by atoms with Crippen LogP contribution >= 0.6 is 0 Å². The Morgan fingerprint density at radius 2 is 2.30 bits per heavy atom. The number of aromatic nitrogens is 1. The molecule has 1 aliphatic rings. The molecule has 0 spiro atoms. The van der Waals surface area contributed by atoms with Gasteiger partial charge in [-0.15, -0.1) is 0 Å². The van der Waals surface area contributed by atoms with E-state index in [1.165, 1.54) is 6.07 Å². The second-order valence-electron chi connectivity index (χ2n) is 5.34. The number of halogens is 1. The molecule has 1 saturated heterocycles. The van der Waals surface area contributed by atoms with E-state index in [9.17, 15) is 9.18 Å². The Balaban J connectivity index is 1.53. The zero-order valence-electron chi connectivity index (χ0n) is 12.5. The fourth-order valence-electron chi connectivity index (χ4n) is 2.41. The largest absolute Gasteiger partial charge is 0.375 e. The van der Waals surface area contributed by atoms with Gasteiger partial charge in [-0.2, -0.15) is 0 Å². The molecule has 6 nitrogen and oxygen atoms in total. The van der Waals surface area contributed by atoms with Crippen molar-refractivity contribution in [2.45, 2.75) is 19.1 Å². The Hall–Kier alpha value is -2.25. The molecule has 3 rings (SSSR count). The number of rotatable bonds is 5. The van der Waals surface area contributed by atoms with Crippen LogP contribution in [0, 0.1) is 5.82 Å². The summed E-state index contributed by atoms with van der Waals surface area (Å²) in [5, 5.41) is 9.76. The van der Waals surface area contributed by atoms with E-state index >= 15 is 0 Å². The first-order valence-corrected chi connectivity index (χ1v) is 7.52. The summed E-state index contributed by atoms with van der Waals surface area (Å²) >= 11 is 0. The van der Waals surface area contributed by atoms with Gasteiger partial charge in [-0.1, -0.05) is 17.3 Å². The number of amides is 1. The summed E-state index contributed by atoms with van der Waals surface area (Å²) in [5.41, 5.74) is 0.780. The second kappa shape index (κ2) is 7.34. The van der Waals surface area contributed by atoms with Crippen LogP contribution in [0.4, 0.5) is 4.39 Å². The third-order valence-corrected chi connectivity index (χ3v) is 3.59. The molecule has 1 atom stereocenters. The maximum Gasteiger partial charge on any atom is 0.223 e. The van der Waals surface area contributed by atoms with E-state index in [0.29, 0.717) is 36.6 Å². The molecular weight excluding hydrogens is 301 g/mol. The van der Waals surface area contributed by atoms with Crippen LogP contribution in [0.1, 0.15) is 12.2 Å². The molecule has 0 bridgehead atoms. The van der Waals surface area contributed by atoms with Gasteiger partial charge < -0.3 is 19.9 Å². The summed E-state index contributed by atoms with van der Waals surface area (Å²) in [7, 11) is 0. The van der Waals surface area contributed by atoms with Crippen LogP contribution in [-0.2, 0) is 16.1 Å². The SMILES string of the molecule is O=C(CC1CNCCO1)NCc1cc(-c2ccccc2F)no1. The van der Waals surface area contributed by atoms with E-state index in [2.05, 4.69) is 15.8 Å². The van der Waals surface area contributed by atoms with Gasteiger partial charge in [0.05, 0.1) is 25.7 Å². The molecule has 1 aromatic carbocycles. The topological polar surface area (TPSA) is 76.4 Å². The van der Waals surface area contributed by atoms with Crippen molar-refractivity contribution in [3.63, 3.8) is 0 Å². The lowest BCUT2D eigenvalue weighted by Gasteiger charge is -2.22. The van der Waals surface area contributed by atoms with Crippen LogP contribution in [0.25, 0.3) is 11.3 Å². The molecule has 1 aliphatic heterocycles. The molecule has 0 aliphatic carbocycles. The number of ether oxygens (including phenoxy) is 1. The quantitative estimate of drug-likeness (QED) is 0.873. The number of carbonyl (C=O) groups is 1. The summed E-state index contributed by atoms with van der Waals surface area (Å²) < 4.78 is 24.3. The van der Waals surface area contributed by atoms with Crippen molar-refractivity contribution in [1.29, 1.82) is 0 Å². The second-order valence-corrected chi connectivity index (χ2v) is 5.34. The van der Waals surface area contributed by atoms with E-state index in [-0.39, 0.29) is 24.4 Å². The third kappa shape index (κ3) is 4.14. The molecule has 1 fully saturated rings. The molecule has 122 valence electrons. The Morgan fingerprint density at radius 3 is 3.09 bits per heavy atom. The van der Waals surface area contributed by atoms with Gasteiger partial charge in [0.2, 0.25) is 5.91 Å². The van der Waals surface area contributed by atoms with Crippen LogP contribution in [0.3, 0.4) is 0 Å². The number of nitrogens with zero attached hydrogens (tertiary/aromatic N) is 1. The normalized spacial score (nSPS) is 17.9. The molecule has 1 unspecified atom stereocenters. The summed E-state index contributed by atoms with van der Waals surface area (Å²) in [6.07, 6.45) is 0.189. The first kappa shape index (κ1) is 15.6. The maximum atomic E-state index is 13.7. The molecular formula is C16H18FN3O3. The highest BCUT2D eigenvalue weighted by Gasteiger charge is 2.17. The van der Waals surface area contributed by atoms with Crippen molar-refractivity contribution < 1.29 is 18.4 Å². The van der Waals surface area contributed by atoms with Crippen molar-refractivity contribution in [1.82, 2.24) is 15.8 Å². The van der Waals surface area contributed by atoms with Gasteiger partial charge in [0.1, 0.15) is 11.5 Å². The van der Waals surface area contributed by atoms with Gasteiger partial charge >= 0.3 is 0 Å². The van der Waals surface area contributed by atoms with Crippen LogP contribution in [0.15, 0.2) is 34.9 Å². The number of morpholine rings is 1. The summed E-state index contributed by atoms with van der Waals surface area (Å²) in [4.78, 5) is 11.9. The standard InChI is InChI=1S/C16H18FN3O3/c17-14-4-2-1-3-13(14)15-7-12(23-20-15)10-19-16(21)8-11-9-18-5-6-22-11/h1-4,7,11,18H,5-6,8-10H2,(H,19,21). The number of nitrogens with one attached hydrogen (secondary N) is 2. The van der Waals surface area contributed by atoms with Crippen molar-refractivity contribution >= 4 is 5.91 Å². The summed E-state index contributed by atoms with van der Waals surface area (Å²) in [5.74, 6) is -0.0137. The summed E-state index contributed by atoms with van der Waals surface area (Å²) in [6.45, 7) is 2.31. The van der Waals surface area contributed by atoms with Gasteiger partial charge in [0, 0.05) is 24.7 Å². The first-order chi connectivity index (χ1) is 11.2. The predicted octanol–water partition coefficient (Wildman–Crippen LogP) is 1.48. The number of carbonyl (C=O) groups excluding carboxylic acids is 1. The van der Waals surface area contributed by atoms with E-state index in [4.69, 9.17) is 9.26 Å². The highest BCUT2D eigenvalue weighted by atomic mass is 19.1. The zero-order chi connectivity index (χ0) is 16.1. The third-order valence-electron chi connectivity index (χ3n) is 3.59. The van der Waals surface area contributed by atoms with Crippen molar-refractivity contribution in [3.8, 4) is 11.3 Å². The van der Waals surface area contributed by atoms with Crippen LogP contribution in [-0.4, -0.2) is 36.9 Å². The first-order valence-electron chi connectivity index (χ1n) is 7.52. The lowest BCUT2D eigenvalue weighted by molar-refractivity contribution is -0.124. The zero-order valence-corrected chi connectivity index (χ0v) is 12.5. The minimum Gasteiger partial charge on any atom is -0.375 e. The molecule has 0 radical (unpaired) electrons. The minimum atomic E-state index is -0.363. The Morgan fingerprint density at radius 1 is 1.43 bits per heavy atom. The fourth-order valence-corrected chi connectivity index (χ4v) is 2.41. The number of hydrogen-bond donors (Lipinski definition) is 2. The minimum absolute atomic E-state index is 0.104. The monoisotopic (exact) mass is 319 g/mol. The molecule has 1 aromatic heterocycles. The van der Waals surface area contributed by atoms with Gasteiger partial charge in [0.15, 0.2) is 5.76 Å². The van der Waals surface area contributed by atoms with Gasteiger partial charge in [0.25, 0.3) is 0 Å². The highest BCUT2D eigenvalue weighted by molar-refractivity contribution is 5.76. The van der Waals surface area contributed by atoms with E-state index in [1.54, 1.807) is 24.3 Å². The molecule has 1 amide bonds. The molecule has 2 aromatic rings. The van der Waals surface area contributed by atoms with E-state index in [0.717, 1.165) is 6.54 Å². The van der Waals surface area contributed by atoms with E-state index < -0.39 is 0 Å². The van der Waals surface area contributed by atoms with E-state index in [1.807, 2.05) is 0 Å². The van der Waals surface area contributed by atoms with Crippen LogP contribution in [0.5, 0.6) is 0 Å². The van der Waals surface area contributed by atoms with Gasteiger partial charge in [-0.25, -0.2) is 4.39 Å². The molecule has 7 heteroatoms. The Kier molecular flexibility index (Phi) is 4.99.